The Balaban J connectivity index is 1.55. The van der Waals surface area contributed by atoms with Gasteiger partial charge in [0.25, 0.3) is 0 Å². The number of ether oxygens (including phenoxy) is 2. The smallest absolute Gasteiger partial charge is 0.358 e. The number of anilines is 1. The third-order valence-electron chi connectivity index (χ3n) is 6.24. The summed E-state index contributed by atoms with van der Waals surface area (Å²) in [5.41, 5.74) is 10.3. The molecule has 176 valence electrons. The Bertz CT molecular complexity index is 1230. The summed E-state index contributed by atoms with van der Waals surface area (Å²) < 4.78 is 12.8. The van der Waals surface area contributed by atoms with Crippen molar-refractivity contribution >= 4 is 11.7 Å². The van der Waals surface area contributed by atoms with Gasteiger partial charge < -0.3 is 9.47 Å². The molecule has 2 aliphatic rings. The number of rotatable bonds is 7. The molecule has 8 nitrogen and oxygen atoms in total. The van der Waals surface area contributed by atoms with Crippen molar-refractivity contribution in [3.8, 4) is 11.4 Å². The maximum absolute atomic E-state index is 12.7. The van der Waals surface area contributed by atoms with Crippen molar-refractivity contribution in [3.63, 3.8) is 0 Å². The highest BCUT2D eigenvalue weighted by Gasteiger charge is 2.33. The van der Waals surface area contributed by atoms with Gasteiger partial charge in [-0.25, -0.2) is 15.2 Å². The summed E-state index contributed by atoms with van der Waals surface area (Å²) in [7, 11) is 3.79. The molecule has 1 aromatic heterocycles. The first kappa shape index (κ1) is 22.2. The second kappa shape index (κ2) is 9.32. The SMILES string of the molecule is CCOC(=O)c1ncn2c1CC1=C(CN(C)Cc3ccccc3)CNN1c1cc(OC)ccc1-2. The van der Waals surface area contributed by atoms with Crippen LogP contribution in [0, 0.1) is 0 Å². The van der Waals surface area contributed by atoms with Crippen molar-refractivity contribution in [2.24, 2.45) is 0 Å². The maximum atomic E-state index is 12.7. The van der Waals surface area contributed by atoms with Crippen molar-refractivity contribution in [2.45, 2.75) is 19.9 Å². The quantitative estimate of drug-likeness (QED) is 0.544. The van der Waals surface area contributed by atoms with E-state index in [0.29, 0.717) is 18.7 Å². The number of carbonyl (C=O) groups is 1. The Hall–Kier alpha value is -3.62. The van der Waals surface area contributed by atoms with E-state index in [1.165, 1.54) is 11.1 Å². The highest BCUT2D eigenvalue weighted by atomic mass is 16.5. The second-order valence-corrected chi connectivity index (χ2v) is 8.54. The van der Waals surface area contributed by atoms with E-state index in [1.807, 2.05) is 28.8 Å². The monoisotopic (exact) mass is 459 g/mol. The minimum Gasteiger partial charge on any atom is -0.497 e. The molecule has 0 radical (unpaired) electrons. The fraction of sp³-hybridized carbons (Fsp3) is 0.308. The van der Waals surface area contributed by atoms with Crippen LogP contribution in [0.2, 0.25) is 0 Å². The number of hydrogen-bond donors (Lipinski definition) is 1. The van der Waals surface area contributed by atoms with Gasteiger partial charge in [-0.2, -0.15) is 0 Å². The molecule has 3 aromatic rings. The minimum atomic E-state index is -0.394. The molecule has 0 spiro atoms. The Kier molecular flexibility index (Phi) is 6.08. The molecular weight excluding hydrogens is 430 g/mol. The number of methoxy groups -OCH3 is 1. The highest BCUT2D eigenvalue weighted by Crippen LogP contribution is 2.38. The maximum Gasteiger partial charge on any atom is 0.358 e. The number of imidazole rings is 1. The average Bonchev–Trinajstić information content (AvgIpc) is 3.41. The zero-order valence-electron chi connectivity index (χ0n) is 19.7. The first-order valence-corrected chi connectivity index (χ1v) is 11.5. The summed E-state index contributed by atoms with van der Waals surface area (Å²) in [6.07, 6.45) is 2.27. The fourth-order valence-electron chi connectivity index (χ4n) is 4.68. The van der Waals surface area contributed by atoms with E-state index in [0.717, 1.165) is 48.1 Å². The molecule has 1 N–H and O–H groups in total. The van der Waals surface area contributed by atoms with Gasteiger partial charge in [-0.05, 0) is 37.2 Å². The molecule has 3 heterocycles. The molecule has 0 atom stereocenters. The second-order valence-electron chi connectivity index (χ2n) is 8.54. The van der Waals surface area contributed by atoms with E-state index >= 15 is 0 Å². The van der Waals surface area contributed by atoms with Crippen LogP contribution in [0.4, 0.5) is 5.69 Å². The number of nitrogens with one attached hydrogen (secondary N) is 1. The first-order chi connectivity index (χ1) is 16.6. The summed E-state index contributed by atoms with van der Waals surface area (Å²) in [6.45, 7) is 4.50. The van der Waals surface area contributed by atoms with Crippen molar-refractivity contribution in [1.29, 1.82) is 0 Å². The Morgan fingerprint density at radius 2 is 1.97 bits per heavy atom. The summed E-state index contributed by atoms with van der Waals surface area (Å²) >= 11 is 0. The molecule has 0 aliphatic carbocycles. The average molecular weight is 460 g/mol. The lowest BCUT2D eigenvalue weighted by molar-refractivity contribution is 0.0519. The van der Waals surface area contributed by atoms with E-state index in [4.69, 9.17) is 9.47 Å². The van der Waals surface area contributed by atoms with Gasteiger partial charge in [-0.3, -0.25) is 14.5 Å². The van der Waals surface area contributed by atoms with Gasteiger partial charge in [0.2, 0.25) is 0 Å². The zero-order valence-corrected chi connectivity index (χ0v) is 19.7. The minimum absolute atomic E-state index is 0.310. The first-order valence-electron chi connectivity index (χ1n) is 11.5. The number of nitrogens with zero attached hydrogens (tertiary/aromatic N) is 4. The molecule has 8 heteroatoms. The number of benzene rings is 2. The van der Waals surface area contributed by atoms with Gasteiger partial charge in [0.1, 0.15) is 12.1 Å². The molecule has 0 unspecified atom stereocenters. The summed E-state index contributed by atoms with van der Waals surface area (Å²) in [5, 5.41) is 2.13. The number of esters is 1. The Morgan fingerprint density at radius 1 is 1.15 bits per heavy atom. The van der Waals surface area contributed by atoms with Crippen LogP contribution in [-0.2, 0) is 17.7 Å². The van der Waals surface area contributed by atoms with Crippen LogP contribution in [0.5, 0.6) is 5.75 Å². The lowest BCUT2D eigenvalue weighted by atomic mass is 10.1. The van der Waals surface area contributed by atoms with Gasteiger partial charge in [0.05, 0.1) is 30.8 Å². The summed E-state index contributed by atoms with van der Waals surface area (Å²) in [5.74, 6) is 0.373. The lowest BCUT2D eigenvalue weighted by Gasteiger charge is -2.23. The molecule has 0 amide bonds. The van der Waals surface area contributed by atoms with Crippen molar-refractivity contribution < 1.29 is 14.3 Å². The molecule has 34 heavy (non-hydrogen) atoms. The summed E-state index contributed by atoms with van der Waals surface area (Å²) in [4.78, 5) is 19.4. The number of allylic oxidation sites excluding steroid dienone is 1. The van der Waals surface area contributed by atoms with Crippen LogP contribution in [0.3, 0.4) is 0 Å². The standard InChI is InChI=1S/C26H29N5O3/c1-4-34-26(32)25-24-13-22-19(16-29(2)15-18-8-6-5-7-9-18)14-28-31(22)23-12-20(33-3)10-11-21(23)30(24)17-27-25/h5-12,17,28H,4,13-16H2,1-3H3. The van der Waals surface area contributed by atoms with Crippen molar-refractivity contribution in [2.75, 3.05) is 38.9 Å². The van der Waals surface area contributed by atoms with Crippen LogP contribution in [0.25, 0.3) is 5.69 Å². The third-order valence-corrected chi connectivity index (χ3v) is 6.24. The number of hydrogen-bond acceptors (Lipinski definition) is 7. The Morgan fingerprint density at radius 3 is 2.74 bits per heavy atom. The van der Waals surface area contributed by atoms with Gasteiger partial charge in [-0.15, -0.1) is 0 Å². The molecular formula is C26H29N5O3. The number of likely N-dealkylation sites (N-methyl/N-ethyl adjacent to an activating group) is 1. The predicted molar refractivity (Wildman–Crippen MR) is 130 cm³/mol. The molecule has 0 saturated heterocycles. The number of aromatic nitrogens is 2. The molecule has 2 aromatic carbocycles. The normalized spacial score (nSPS) is 14.5. The van der Waals surface area contributed by atoms with Crippen LogP contribution in [0.1, 0.15) is 28.7 Å². The third kappa shape index (κ3) is 4.06. The zero-order chi connectivity index (χ0) is 23.7. The largest absolute Gasteiger partial charge is 0.497 e. The van der Waals surface area contributed by atoms with Crippen molar-refractivity contribution in [1.82, 2.24) is 19.9 Å². The molecule has 0 fully saturated rings. The predicted octanol–water partition coefficient (Wildman–Crippen LogP) is 3.32. The molecule has 5 rings (SSSR count). The van der Waals surface area contributed by atoms with Gasteiger partial charge in [0.15, 0.2) is 5.69 Å². The van der Waals surface area contributed by atoms with Crippen molar-refractivity contribution in [3.05, 3.63) is 83.1 Å². The number of fused-ring (bicyclic) bond motifs is 5. The van der Waals surface area contributed by atoms with Crippen LogP contribution < -0.4 is 15.2 Å². The molecule has 0 bridgehead atoms. The number of hydrazine groups is 1. The van der Waals surface area contributed by atoms with E-state index in [9.17, 15) is 4.79 Å². The Labute approximate surface area is 199 Å². The van der Waals surface area contributed by atoms with Crippen LogP contribution in [0.15, 0.2) is 66.1 Å². The van der Waals surface area contributed by atoms with Crippen LogP contribution >= 0.6 is 0 Å². The number of carbonyl (C=O) groups excluding carboxylic acids is 1. The van der Waals surface area contributed by atoms with Crippen LogP contribution in [-0.4, -0.2) is 54.3 Å². The van der Waals surface area contributed by atoms with Gasteiger partial charge >= 0.3 is 5.97 Å². The fourth-order valence-corrected chi connectivity index (χ4v) is 4.68. The van der Waals surface area contributed by atoms with E-state index in [1.54, 1.807) is 20.4 Å². The van der Waals surface area contributed by atoms with E-state index in [2.05, 4.69) is 51.6 Å². The lowest BCUT2D eigenvalue weighted by Crippen LogP contribution is -2.32. The van der Waals surface area contributed by atoms with E-state index in [-0.39, 0.29) is 0 Å². The highest BCUT2D eigenvalue weighted by molar-refractivity contribution is 5.89. The summed E-state index contributed by atoms with van der Waals surface area (Å²) in [6, 6.07) is 16.4. The molecule has 0 saturated carbocycles. The van der Waals surface area contributed by atoms with Gasteiger partial charge in [-0.1, -0.05) is 30.3 Å². The van der Waals surface area contributed by atoms with Gasteiger partial charge in [0, 0.05) is 37.8 Å². The van der Waals surface area contributed by atoms with E-state index < -0.39 is 5.97 Å². The molecule has 2 aliphatic heterocycles. The topological polar surface area (TPSA) is 71.9 Å².